The van der Waals surface area contributed by atoms with Crippen molar-refractivity contribution in [2.75, 3.05) is 19.6 Å². The van der Waals surface area contributed by atoms with Crippen molar-refractivity contribution in [2.24, 2.45) is 0 Å². The summed E-state index contributed by atoms with van der Waals surface area (Å²) >= 11 is 0. The van der Waals surface area contributed by atoms with Crippen LogP contribution in [0.3, 0.4) is 0 Å². The SMILES string of the molecule is Cc1cc(O)ccc1-c1ccc([C@@H]2[C@@H](O)N3CCCCN(S(=O)(=O)c4ccccc4C)C[C@@H]23)cc1. The number of aryl methyl sites for hydroxylation is 2. The van der Waals surface area contributed by atoms with Crippen LogP contribution in [0.15, 0.2) is 71.6 Å². The van der Waals surface area contributed by atoms with Crippen molar-refractivity contribution in [1.82, 2.24) is 9.21 Å². The third kappa shape index (κ3) is 4.38. The molecule has 6 nitrogen and oxygen atoms in total. The van der Waals surface area contributed by atoms with Crippen LogP contribution in [0.2, 0.25) is 0 Å². The Balaban J connectivity index is 1.42. The molecule has 7 heteroatoms. The number of sulfonamides is 1. The van der Waals surface area contributed by atoms with Gasteiger partial charge in [0, 0.05) is 31.6 Å². The lowest BCUT2D eigenvalue weighted by atomic mass is 9.79. The Bertz CT molecular complexity index is 1320. The van der Waals surface area contributed by atoms with Gasteiger partial charge in [0.15, 0.2) is 0 Å². The van der Waals surface area contributed by atoms with E-state index in [9.17, 15) is 18.6 Å². The Morgan fingerprint density at radius 2 is 1.60 bits per heavy atom. The number of fused-ring (bicyclic) bond motifs is 1. The van der Waals surface area contributed by atoms with Crippen molar-refractivity contribution >= 4 is 10.0 Å². The second-order valence-electron chi connectivity index (χ2n) is 9.70. The highest BCUT2D eigenvalue weighted by Crippen LogP contribution is 2.42. The van der Waals surface area contributed by atoms with Gasteiger partial charge in [-0.05, 0) is 72.7 Å². The number of rotatable bonds is 4. The van der Waals surface area contributed by atoms with Gasteiger partial charge >= 0.3 is 0 Å². The van der Waals surface area contributed by atoms with Crippen LogP contribution < -0.4 is 0 Å². The van der Waals surface area contributed by atoms with E-state index in [0.717, 1.165) is 47.2 Å². The maximum absolute atomic E-state index is 13.6. The van der Waals surface area contributed by atoms with E-state index in [0.29, 0.717) is 18.0 Å². The molecule has 2 N–H and O–H groups in total. The van der Waals surface area contributed by atoms with Crippen LogP contribution in [0.5, 0.6) is 5.75 Å². The molecule has 2 aliphatic heterocycles. The first-order valence-electron chi connectivity index (χ1n) is 12.2. The minimum Gasteiger partial charge on any atom is -0.508 e. The highest BCUT2D eigenvalue weighted by molar-refractivity contribution is 7.89. The maximum Gasteiger partial charge on any atom is 0.243 e. The molecule has 0 radical (unpaired) electrons. The number of phenols is 1. The number of aromatic hydroxyl groups is 1. The Labute approximate surface area is 207 Å². The lowest BCUT2D eigenvalue weighted by Crippen LogP contribution is -2.66. The first kappa shape index (κ1) is 24.0. The molecule has 3 aromatic rings. The molecule has 184 valence electrons. The number of phenolic OH excluding ortho intramolecular Hbond substituents is 1. The summed E-state index contributed by atoms with van der Waals surface area (Å²) in [5.41, 5.74) is 4.83. The van der Waals surface area contributed by atoms with Gasteiger partial charge in [-0.25, -0.2) is 8.42 Å². The topological polar surface area (TPSA) is 81.1 Å². The van der Waals surface area contributed by atoms with Crippen LogP contribution in [-0.4, -0.2) is 59.7 Å². The van der Waals surface area contributed by atoms with Gasteiger partial charge in [0.2, 0.25) is 10.0 Å². The summed E-state index contributed by atoms with van der Waals surface area (Å²) in [5, 5.41) is 20.7. The van der Waals surface area contributed by atoms with Gasteiger partial charge in [-0.3, -0.25) is 4.90 Å². The smallest absolute Gasteiger partial charge is 0.243 e. The van der Waals surface area contributed by atoms with Gasteiger partial charge < -0.3 is 10.2 Å². The number of benzene rings is 3. The third-order valence-electron chi connectivity index (χ3n) is 7.49. The average molecular weight is 493 g/mol. The lowest BCUT2D eigenvalue weighted by Gasteiger charge is -2.55. The molecule has 0 unspecified atom stereocenters. The van der Waals surface area contributed by atoms with Gasteiger partial charge in [0.05, 0.1) is 4.90 Å². The molecule has 2 saturated heterocycles. The first-order chi connectivity index (χ1) is 16.8. The highest BCUT2D eigenvalue weighted by atomic mass is 32.2. The van der Waals surface area contributed by atoms with E-state index in [2.05, 4.69) is 0 Å². The summed E-state index contributed by atoms with van der Waals surface area (Å²) in [5.74, 6) is 0.0904. The van der Waals surface area contributed by atoms with Gasteiger partial charge in [-0.2, -0.15) is 4.31 Å². The largest absolute Gasteiger partial charge is 0.508 e. The van der Waals surface area contributed by atoms with Gasteiger partial charge in [-0.1, -0.05) is 48.5 Å². The molecule has 3 atom stereocenters. The molecule has 35 heavy (non-hydrogen) atoms. The number of hydrogen-bond acceptors (Lipinski definition) is 5. The number of aliphatic hydroxyl groups is 1. The van der Waals surface area contributed by atoms with Crippen LogP contribution in [0.4, 0.5) is 0 Å². The second kappa shape index (κ2) is 9.39. The van der Waals surface area contributed by atoms with Crippen LogP contribution in [-0.2, 0) is 10.0 Å². The second-order valence-corrected chi connectivity index (χ2v) is 11.6. The molecule has 0 aliphatic carbocycles. The molecule has 2 aliphatic rings. The summed E-state index contributed by atoms with van der Waals surface area (Å²) in [6.07, 6.45) is 0.994. The van der Waals surface area contributed by atoms with Crippen LogP contribution >= 0.6 is 0 Å². The zero-order chi connectivity index (χ0) is 24.7. The van der Waals surface area contributed by atoms with Crippen molar-refractivity contribution in [2.45, 2.75) is 49.8 Å². The normalized spacial score (nSPS) is 23.7. The Kier molecular flexibility index (Phi) is 6.44. The lowest BCUT2D eigenvalue weighted by molar-refractivity contribution is -0.148. The monoisotopic (exact) mass is 492 g/mol. The summed E-state index contributed by atoms with van der Waals surface area (Å²) in [4.78, 5) is 2.40. The predicted octanol–water partition coefficient (Wildman–Crippen LogP) is 4.25. The molecule has 2 heterocycles. The van der Waals surface area contributed by atoms with Crippen molar-refractivity contribution in [3.8, 4) is 16.9 Å². The summed E-state index contributed by atoms with van der Waals surface area (Å²) in [7, 11) is -3.62. The number of hydrogen-bond donors (Lipinski definition) is 2. The molecule has 2 fully saturated rings. The molecular formula is C28H32N2O4S. The summed E-state index contributed by atoms with van der Waals surface area (Å²) in [6.45, 7) is 5.41. The first-order valence-corrected chi connectivity index (χ1v) is 13.6. The van der Waals surface area contributed by atoms with Crippen LogP contribution in [0, 0.1) is 13.8 Å². The van der Waals surface area contributed by atoms with Crippen molar-refractivity contribution in [3.05, 3.63) is 83.4 Å². The molecular weight excluding hydrogens is 460 g/mol. The van der Waals surface area contributed by atoms with E-state index in [1.54, 1.807) is 28.6 Å². The minimum absolute atomic E-state index is 0.0784. The molecule has 0 amide bonds. The molecule has 0 bridgehead atoms. The highest BCUT2D eigenvalue weighted by Gasteiger charge is 2.50. The fraction of sp³-hybridized carbons (Fsp3) is 0.357. The third-order valence-corrected chi connectivity index (χ3v) is 9.52. The zero-order valence-corrected chi connectivity index (χ0v) is 20.9. The fourth-order valence-electron chi connectivity index (χ4n) is 5.56. The number of nitrogens with zero attached hydrogens (tertiary/aromatic N) is 2. The van der Waals surface area contributed by atoms with Crippen LogP contribution in [0.1, 0.15) is 35.4 Å². The Morgan fingerprint density at radius 3 is 2.31 bits per heavy atom. The van der Waals surface area contributed by atoms with Crippen LogP contribution in [0.25, 0.3) is 11.1 Å². The Hall–Kier alpha value is -2.71. The van der Waals surface area contributed by atoms with E-state index >= 15 is 0 Å². The van der Waals surface area contributed by atoms with Crippen molar-refractivity contribution in [3.63, 3.8) is 0 Å². The molecule has 0 spiro atoms. The standard InChI is InChI=1S/C28H32N2O4S/c1-19-7-3-4-8-26(19)35(33,34)29-15-5-6-16-30-25(18-29)27(28(30)32)22-11-9-21(10-12-22)24-14-13-23(31)17-20(24)2/h3-4,7-14,17,25,27-28,31-32H,5-6,15-16,18H2,1-2H3/t25-,27-,28+/m0/s1. The number of aliphatic hydroxyl groups excluding tert-OH is 1. The van der Waals surface area contributed by atoms with Gasteiger partial charge in [0.1, 0.15) is 12.0 Å². The summed E-state index contributed by atoms with van der Waals surface area (Å²) in [6, 6.07) is 20.5. The van der Waals surface area contributed by atoms with Crippen molar-refractivity contribution < 1.29 is 18.6 Å². The van der Waals surface area contributed by atoms with E-state index in [-0.39, 0.29) is 17.7 Å². The van der Waals surface area contributed by atoms with Gasteiger partial charge in [-0.15, -0.1) is 0 Å². The maximum atomic E-state index is 13.6. The summed E-state index contributed by atoms with van der Waals surface area (Å²) < 4.78 is 28.7. The average Bonchev–Trinajstić information content (AvgIpc) is 2.81. The quantitative estimate of drug-likeness (QED) is 0.569. The zero-order valence-electron chi connectivity index (χ0n) is 20.1. The van der Waals surface area contributed by atoms with E-state index in [4.69, 9.17) is 0 Å². The van der Waals surface area contributed by atoms with Gasteiger partial charge in [0.25, 0.3) is 0 Å². The molecule has 0 aromatic heterocycles. The Morgan fingerprint density at radius 1 is 0.886 bits per heavy atom. The van der Waals surface area contributed by atoms with E-state index in [1.807, 2.05) is 61.2 Å². The molecule has 0 saturated carbocycles. The fourth-order valence-corrected chi connectivity index (χ4v) is 7.28. The van der Waals surface area contributed by atoms with E-state index < -0.39 is 16.3 Å². The molecule has 5 rings (SSSR count). The van der Waals surface area contributed by atoms with Crippen molar-refractivity contribution in [1.29, 1.82) is 0 Å². The molecule has 3 aromatic carbocycles. The predicted molar refractivity (Wildman–Crippen MR) is 137 cm³/mol. The minimum atomic E-state index is -3.62. The van der Waals surface area contributed by atoms with E-state index in [1.165, 1.54) is 0 Å².